The number of nitrogens with zero attached hydrogens (tertiary/aromatic N) is 1. The molecule has 0 bridgehead atoms. The molecule has 2 unspecified atom stereocenters. The average Bonchev–Trinajstić information content (AvgIpc) is 3.28. The molecular weight excluding hydrogens is 264 g/mol. The molecule has 2 aliphatic rings. The van der Waals surface area contributed by atoms with Gasteiger partial charge in [-0.15, -0.1) is 0 Å². The lowest BCUT2D eigenvalue weighted by Gasteiger charge is -2.34. The Balaban J connectivity index is 1.98. The topological polar surface area (TPSA) is 55.6 Å². The Bertz CT molecular complexity index is 540. The van der Waals surface area contributed by atoms with Gasteiger partial charge in [0, 0.05) is 18.5 Å². The van der Waals surface area contributed by atoms with Crippen LogP contribution in [0, 0.1) is 6.92 Å². The van der Waals surface area contributed by atoms with Crippen LogP contribution in [0.4, 0.5) is 0 Å². The van der Waals surface area contributed by atoms with Crippen LogP contribution in [-0.2, 0) is 4.79 Å². The number of likely N-dealkylation sites (tertiary alicyclic amines) is 1. The molecule has 3 rings (SSSR count). The maximum atomic E-state index is 12.5. The Kier molecular flexibility index (Phi) is 3.89. The fourth-order valence-electron chi connectivity index (χ4n) is 3.41. The first-order chi connectivity index (χ1) is 10.1. The molecule has 1 aromatic carbocycles. The van der Waals surface area contributed by atoms with Gasteiger partial charge in [-0.05, 0) is 49.8 Å². The maximum Gasteiger partial charge on any atom is 0.223 e. The highest BCUT2D eigenvalue weighted by molar-refractivity contribution is 5.78. The first kappa shape index (κ1) is 14.4. The predicted molar refractivity (Wildman–Crippen MR) is 82.2 cm³/mol. The largest absolute Gasteiger partial charge is 0.496 e. The number of amides is 1. The molecule has 0 aromatic heterocycles. The summed E-state index contributed by atoms with van der Waals surface area (Å²) in [6.07, 6.45) is 4.67. The first-order valence-corrected chi connectivity index (χ1v) is 7.83. The number of methoxy groups -OCH3 is 1. The summed E-state index contributed by atoms with van der Waals surface area (Å²) >= 11 is 0. The van der Waals surface area contributed by atoms with Gasteiger partial charge < -0.3 is 15.4 Å². The van der Waals surface area contributed by atoms with Gasteiger partial charge in [0.25, 0.3) is 0 Å². The second kappa shape index (κ2) is 5.68. The van der Waals surface area contributed by atoms with Crippen molar-refractivity contribution in [3.63, 3.8) is 0 Å². The van der Waals surface area contributed by atoms with E-state index in [1.54, 1.807) is 7.11 Å². The zero-order valence-electron chi connectivity index (χ0n) is 12.8. The molecule has 2 fully saturated rings. The Morgan fingerprint density at radius 2 is 2.05 bits per heavy atom. The number of hydrogen-bond donors (Lipinski definition) is 1. The number of aryl methyl sites for hydroxylation is 1. The first-order valence-electron chi connectivity index (χ1n) is 7.83. The third-order valence-electron chi connectivity index (χ3n) is 4.62. The number of hydrogen-bond acceptors (Lipinski definition) is 3. The molecule has 1 aliphatic carbocycles. The highest BCUT2D eigenvalue weighted by Gasteiger charge is 2.41. The molecule has 1 heterocycles. The van der Waals surface area contributed by atoms with Gasteiger partial charge in [-0.1, -0.05) is 12.1 Å². The van der Waals surface area contributed by atoms with E-state index < -0.39 is 0 Å². The van der Waals surface area contributed by atoms with E-state index in [9.17, 15) is 4.79 Å². The number of rotatable bonds is 3. The molecule has 4 nitrogen and oxygen atoms in total. The summed E-state index contributed by atoms with van der Waals surface area (Å²) in [7, 11) is 1.68. The Morgan fingerprint density at radius 3 is 2.67 bits per heavy atom. The van der Waals surface area contributed by atoms with Crippen molar-refractivity contribution in [2.45, 2.75) is 57.2 Å². The number of ether oxygens (including phenoxy) is 1. The van der Waals surface area contributed by atoms with Gasteiger partial charge in [-0.3, -0.25) is 4.79 Å². The van der Waals surface area contributed by atoms with Crippen molar-refractivity contribution in [3.05, 3.63) is 29.3 Å². The summed E-state index contributed by atoms with van der Waals surface area (Å²) in [4.78, 5) is 14.5. The van der Waals surface area contributed by atoms with E-state index >= 15 is 0 Å². The van der Waals surface area contributed by atoms with Gasteiger partial charge in [0.15, 0.2) is 0 Å². The van der Waals surface area contributed by atoms with Gasteiger partial charge in [-0.2, -0.15) is 0 Å². The summed E-state index contributed by atoms with van der Waals surface area (Å²) in [5.41, 5.74) is 8.66. The third-order valence-corrected chi connectivity index (χ3v) is 4.62. The van der Waals surface area contributed by atoms with E-state index in [1.807, 2.05) is 13.0 Å². The molecule has 21 heavy (non-hydrogen) atoms. The molecule has 2 N–H and O–H groups in total. The highest BCUT2D eigenvalue weighted by atomic mass is 16.5. The normalized spacial score (nSPS) is 26.6. The number of benzene rings is 1. The van der Waals surface area contributed by atoms with Crippen LogP contribution in [0.15, 0.2) is 18.2 Å². The summed E-state index contributed by atoms with van der Waals surface area (Å²) in [5, 5.41) is 0. The number of carbonyl (C=O) groups excluding carboxylic acids is 1. The van der Waals surface area contributed by atoms with Crippen molar-refractivity contribution < 1.29 is 9.53 Å². The number of carbonyl (C=O) groups is 1. The van der Waals surface area contributed by atoms with Crippen LogP contribution in [0.3, 0.4) is 0 Å². The quantitative estimate of drug-likeness (QED) is 0.930. The van der Waals surface area contributed by atoms with Crippen molar-refractivity contribution in [2.75, 3.05) is 7.11 Å². The molecule has 0 radical (unpaired) electrons. The van der Waals surface area contributed by atoms with Gasteiger partial charge in [0.2, 0.25) is 5.91 Å². The van der Waals surface area contributed by atoms with Crippen molar-refractivity contribution in [3.8, 4) is 5.75 Å². The van der Waals surface area contributed by atoms with Crippen molar-refractivity contribution in [2.24, 2.45) is 5.73 Å². The maximum absolute atomic E-state index is 12.5. The van der Waals surface area contributed by atoms with E-state index in [0.29, 0.717) is 12.5 Å². The SMILES string of the molecule is COc1ccc(C2C(N)CCCC(=O)N2C2CC2)cc1C. The lowest BCUT2D eigenvalue weighted by Crippen LogP contribution is -2.43. The minimum Gasteiger partial charge on any atom is -0.496 e. The van der Waals surface area contributed by atoms with Crippen LogP contribution in [-0.4, -0.2) is 30.0 Å². The smallest absolute Gasteiger partial charge is 0.223 e. The van der Waals surface area contributed by atoms with E-state index in [1.165, 1.54) is 0 Å². The van der Waals surface area contributed by atoms with Gasteiger partial charge in [-0.25, -0.2) is 0 Å². The van der Waals surface area contributed by atoms with Crippen LogP contribution in [0.25, 0.3) is 0 Å². The summed E-state index contributed by atoms with van der Waals surface area (Å²) in [5.74, 6) is 1.15. The summed E-state index contributed by atoms with van der Waals surface area (Å²) < 4.78 is 5.33. The zero-order chi connectivity index (χ0) is 15.0. The molecule has 4 heteroatoms. The van der Waals surface area contributed by atoms with Gasteiger partial charge in [0.1, 0.15) is 5.75 Å². The molecule has 0 spiro atoms. The average molecular weight is 288 g/mol. The Labute approximate surface area is 126 Å². The predicted octanol–water partition coefficient (Wildman–Crippen LogP) is 2.55. The van der Waals surface area contributed by atoms with E-state index in [2.05, 4.69) is 17.0 Å². The summed E-state index contributed by atoms with van der Waals surface area (Å²) in [6, 6.07) is 6.59. The van der Waals surface area contributed by atoms with E-state index in [-0.39, 0.29) is 18.0 Å². The van der Waals surface area contributed by atoms with Crippen molar-refractivity contribution in [1.29, 1.82) is 0 Å². The molecule has 114 valence electrons. The summed E-state index contributed by atoms with van der Waals surface area (Å²) in [6.45, 7) is 2.04. The molecule has 1 aliphatic heterocycles. The Morgan fingerprint density at radius 1 is 1.29 bits per heavy atom. The van der Waals surface area contributed by atoms with Crippen LogP contribution >= 0.6 is 0 Å². The monoisotopic (exact) mass is 288 g/mol. The Hall–Kier alpha value is -1.55. The minimum absolute atomic E-state index is 0.0112. The van der Waals surface area contributed by atoms with Crippen molar-refractivity contribution in [1.82, 2.24) is 4.90 Å². The van der Waals surface area contributed by atoms with Crippen LogP contribution in [0.1, 0.15) is 49.3 Å². The zero-order valence-corrected chi connectivity index (χ0v) is 12.8. The fourth-order valence-corrected chi connectivity index (χ4v) is 3.41. The minimum atomic E-state index is 0.0112. The second-order valence-electron chi connectivity index (χ2n) is 6.26. The second-order valence-corrected chi connectivity index (χ2v) is 6.26. The lowest BCUT2D eigenvalue weighted by molar-refractivity contribution is -0.133. The van der Waals surface area contributed by atoms with Crippen LogP contribution in [0.2, 0.25) is 0 Å². The van der Waals surface area contributed by atoms with Gasteiger partial charge in [0.05, 0.1) is 13.2 Å². The highest BCUT2D eigenvalue weighted by Crippen LogP contribution is 2.40. The standard InChI is InChI=1S/C17H24N2O2/c1-11-10-12(6-9-15(11)21-2)17-14(18)4-3-5-16(20)19(17)13-7-8-13/h6,9-10,13-14,17H,3-5,7-8,18H2,1-2H3. The molecule has 1 aromatic rings. The van der Waals surface area contributed by atoms with Crippen LogP contribution in [0.5, 0.6) is 5.75 Å². The van der Waals surface area contributed by atoms with Crippen LogP contribution < -0.4 is 10.5 Å². The van der Waals surface area contributed by atoms with E-state index in [0.717, 1.165) is 42.6 Å². The molecule has 1 amide bonds. The molecule has 1 saturated heterocycles. The molecular formula is C17H24N2O2. The third kappa shape index (κ3) is 2.77. The molecule has 1 saturated carbocycles. The van der Waals surface area contributed by atoms with Crippen molar-refractivity contribution >= 4 is 5.91 Å². The molecule has 2 atom stereocenters. The van der Waals surface area contributed by atoms with E-state index in [4.69, 9.17) is 10.5 Å². The fraction of sp³-hybridized carbons (Fsp3) is 0.588. The number of nitrogens with two attached hydrogens (primary N) is 1. The van der Waals surface area contributed by atoms with Gasteiger partial charge >= 0.3 is 0 Å². The lowest BCUT2D eigenvalue weighted by atomic mass is 9.94.